The van der Waals surface area contributed by atoms with Gasteiger partial charge in [-0.1, -0.05) is 12.1 Å². The predicted molar refractivity (Wildman–Crippen MR) is 108 cm³/mol. The SMILES string of the molecule is O=C(Nc1ccnn1C[C@@H]1CCOC1)c1ccc(C2SCCCS2)cc1. The summed E-state index contributed by atoms with van der Waals surface area (Å²) in [6.07, 6.45) is 4.06. The summed E-state index contributed by atoms with van der Waals surface area (Å²) in [7, 11) is 0. The number of amides is 1. The Labute approximate surface area is 162 Å². The highest BCUT2D eigenvalue weighted by Gasteiger charge is 2.19. The maximum absolute atomic E-state index is 12.6. The second kappa shape index (κ2) is 8.50. The van der Waals surface area contributed by atoms with E-state index >= 15 is 0 Å². The van der Waals surface area contributed by atoms with Crippen molar-refractivity contribution < 1.29 is 9.53 Å². The molecule has 3 heterocycles. The Bertz CT molecular complexity index is 735. The van der Waals surface area contributed by atoms with E-state index in [4.69, 9.17) is 4.74 Å². The molecule has 1 aromatic carbocycles. The average Bonchev–Trinajstić information content (AvgIpc) is 3.35. The van der Waals surface area contributed by atoms with Crippen LogP contribution >= 0.6 is 23.5 Å². The van der Waals surface area contributed by atoms with Crippen molar-refractivity contribution in [3.8, 4) is 0 Å². The zero-order valence-corrected chi connectivity index (χ0v) is 16.2. The average molecular weight is 390 g/mol. The van der Waals surface area contributed by atoms with Crippen LogP contribution in [0.25, 0.3) is 0 Å². The van der Waals surface area contributed by atoms with E-state index in [-0.39, 0.29) is 5.91 Å². The summed E-state index contributed by atoms with van der Waals surface area (Å²) in [6.45, 7) is 2.36. The van der Waals surface area contributed by atoms with E-state index in [0.29, 0.717) is 16.1 Å². The van der Waals surface area contributed by atoms with Gasteiger partial charge in [-0.2, -0.15) is 5.10 Å². The van der Waals surface area contributed by atoms with Crippen LogP contribution in [0.5, 0.6) is 0 Å². The van der Waals surface area contributed by atoms with Crippen LogP contribution in [-0.2, 0) is 11.3 Å². The smallest absolute Gasteiger partial charge is 0.256 e. The Morgan fingerprint density at radius 2 is 2.04 bits per heavy atom. The van der Waals surface area contributed by atoms with Gasteiger partial charge in [-0.15, -0.1) is 23.5 Å². The number of carbonyl (C=O) groups excluding carboxylic acids is 1. The predicted octanol–water partition coefficient (Wildman–Crippen LogP) is 4.04. The Balaban J connectivity index is 1.39. The van der Waals surface area contributed by atoms with E-state index in [1.54, 1.807) is 6.20 Å². The lowest BCUT2D eigenvalue weighted by atomic mass is 10.1. The van der Waals surface area contributed by atoms with Crippen molar-refractivity contribution in [1.29, 1.82) is 0 Å². The first-order chi connectivity index (χ1) is 12.8. The second-order valence-corrected chi connectivity index (χ2v) is 9.36. The number of carbonyl (C=O) groups is 1. The van der Waals surface area contributed by atoms with E-state index in [9.17, 15) is 4.79 Å². The minimum absolute atomic E-state index is 0.0927. The molecule has 2 aromatic rings. The molecule has 26 heavy (non-hydrogen) atoms. The van der Waals surface area contributed by atoms with Crippen LogP contribution in [0.3, 0.4) is 0 Å². The molecule has 2 aliphatic rings. The van der Waals surface area contributed by atoms with Crippen molar-refractivity contribution in [2.45, 2.75) is 24.0 Å². The molecular formula is C19H23N3O2S2. The summed E-state index contributed by atoms with van der Waals surface area (Å²) in [5.41, 5.74) is 1.97. The summed E-state index contributed by atoms with van der Waals surface area (Å²) in [6, 6.07) is 9.85. The molecule has 1 amide bonds. The number of ether oxygens (including phenoxy) is 1. The fourth-order valence-corrected chi connectivity index (χ4v) is 6.11. The minimum atomic E-state index is -0.0927. The molecule has 138 valence electrons. The van der Waals surface area contributed by atoms with Crippen molar-refractivity contribution in [3.05, 3.63) is 47.7 Å². The Morgan fingerprint density at radius 1 is 1.23 bits per heavy atom. The molecule has 4 rings (SSSR count). The molecule has 0 aliphatic carbocycles. The first-order valence-corrected chi connectivity index (χ1v) is 11.1. The van der Waals surface area contributed by atoms with Gasteiger partial charge in [0.1, 0.15) is 5.82 Å². The fraction of sp³-hybridized carbons (Fsp3) is 0.474. The highest BCUT2D eigenvalue weighted by molar-refractivity contribution is 8.16. The summed E-state index contributed by atoms with van der Waals surface area (Å²) >= 11 is 3.98. The van der Waals surface area contributed by atoms with Crippen molar-refractivity contribution in [1.82, 2.24) is 9.78 Å². The van der Waals surface area contributed by atoms with Crippen molar-refractivity contribution in [3.63, 3.8) is 0 Å². The molecule has 5 nitrogen and oxygen atoms in total. The summed E-state index contributed by atoms with van der Waals surface area (Å²) in [5.74, 6) is 3.55. The third-order valence-electron chi connectivity index (χ3n) is 4.69. The summed E-state index contributed by atoms with van der Waals surface area (Å²) < 4.78 is 7.78. The Morgan fingerprint density at radius 3 is 2.77 bits per heavy atom. The summed E-state index contributed by atoms with van der Waals surface area (Å²) in [5, 5.41) is 7.33. The summed E-state index contributed by atoms with van der Waals surface area (Å²) in [4.78, 5) is 12.6. The van der Waals surface area contributed by atoms with Crippen LogP contribution in [-0.4, -0.2) is 40.4 Å². The number of hydrogen-bond donors (Lipinski definition) is 1. The Kier molecular flexibility index (Phi) is 5.87. The van der Waals surface area contributed by atoms with Gasteiger partial charge in [-0.25, -0.2) is 4.68 Å². The number of nitrogens with one attached hydrogen (secondary N) is 1. The van der Waals surface area contributed by atoms with E-state index in [2.05, 4.69) is 22.5 Å². The number of anilines is 1. The molecular weight excluding hydrogens is 366 g/mol. The molecule has 0 saturated carbocycles. The largest absolute Gasteiger partial charge is 0.381 e. The topological polar surface area (TPSA) is 56.2 Å². The van der Waals surface area contributed by atoms with Crippen molar-refractivity contribution in [2.75, 3.05) is 30.0 Å². The number of benzene rings is 1. The first-order valence-electron chi connectivity index (χ1n) is 9.04. The second-order valence-electron chi connectivity index (χ2n) is 6.63. The molecule has 1 N–H and O–H groups in total. The van der Waals surface area contributed by atoms with Gasteiger partial charge < -0.3 is 10.1 Å². The normalized spacial score (nSPS) is 21.0. The third-order valence-corrected chi connectivity index (χ3v) is 7.70. The molecule has 2 saturated heterocycles. The lowest BCUT2D eigenvalue weighted by molar-refractivity contribution is 0.102. The number of nitrogens with zero attached hydrogens (tertiary/aromatic N) is 2. The van der Waals surface area contributed by atoms with Crippen molar-refractivity contribution >= 4 is 35.2 Å². The molecule has 7 heteroatoms. The zero-order valence-electron chi connectivity index (χ0n) is 14.6. The first kappa shape index (κ1) is 17.9. The molecule has 0 spiro atoms. The quantitative estimate of drug-likeness (QED) is 0.836. The van der Waals surface area contributed by atoms with Gasteiger partial charge in [-0.05, 0) is 42.0 Å². The van der Waals surface area contributed by atoms with Gasteiger partial charge in [0.2, 0.25) is 0 Å². The minimum Gasteiger partial charge on any atom is -0.381 e. The number of rotatable bonds is 5. The van der Waals surface area contributed by atoms with Crippen LogP contribution in [0.1, 0.15) is 33.3 Å². The van der Waals surface area contributed by atoms with Gasteiger partial charge in [-0.3, -0.25) is 4.79 Å². The third kappa shape index (κ3) is 4.27. The molecule has 1 aromatic heterocycles. The van der Waals surface area contributed by atoms with Crippen LogP contribution in [0, 0.1) is 5.92 Å². The standard InChI is InChI=1S/C19H23N3O2S2/c23-18(15-2-4-16(5-3-15)19-25-10-1-11-26-19)21-17-6-8-20-22(17)12-14-7-9-24-13-14/h2-6,8,14,19H,1,7,9-13H2,(H,21,23)/t14-/m0/s1. The van der Waals surface area contributed by atoms with Gasteiger partial charge in [0, 0.05) is 30.7 Å². The van der Waals surface area contributed by atoms with Crippen LogP contribution < -0.4 is 5.32 Å². The Hall–Kier alpha value is -1.44. The number of aromatic nitrogens is 2. The lowest BCUT2D eigenvalue weighted by Gasteiger charge is -2.21. The van der Waals surface area contributed by atoms with Gasteiger partial charge in [0.25, 0.3) is 5.91 Å². The van der Waals surface area contributed by atoms with Gasteiger partial charge in [0.05, 0.1) is 17.4 Å². The van der Waals surface area contributed by atoms with Crippen molar-refractivity contribution in [2.24, 2.45) is 5.92 Å². The molecule has 1 atom stereocenters. The van der Waals surface area contributed by atoms with E-state index in [0.717, 1.165) is 32.0 Å². The highest BCUT2D eigenvalue weighted by atomic mass is 32.2. The van der Waals surface area contributed by atoms with E-state index < -0.39 is 0 Å². The monoisotopic (exact) mass is 389 g/mol. The van der Waals surface area contributed by atoms with E-state index in [1.165, 1.54) is 23.5 Å². The molecule has 2 aliphatic heterocycles. The maximum atomic E-state index is 12.6. The van der Waals surface area contributed by atoms with Gasteiger partial charge in [0.15, 0.2) is 0 Å². The fourth-order valence-electron chi connectivity index (χ4n) is 3.22. The molecule has 0 unspecified atom stereocenters. The van der Waals surface area contributed by atoms with E-state index in [1.807, 2.05) is 46.4 Å². The number of thioether (sulfide) groups is 2. The lowest BCUT2D eigenvalue weighted by Crippen LogP contribution is -2.18. The molecule has 2 fully saturated rings. The van der Waals surface area contributed by atoms with Crippen LogP contribution in [0.15, 0.2) is 36.5 Å². The number of hydrogen-bond acceptors (Lipinski definition) is 5. The molecule has 0 radical (unpaired) electrons. The van der Waals surface area contributed by atoms with Gasteiger partial charge >= 0.3 is 0 Å². The van der Waals surface area contributed by atoms with Crippen LogP contribution in [0.2, 0.25) is 0 Å². The molecule has 0 bridgehead atoms. The van der Waals surface area contributed by atoms with Crippen LogP contribution in [0.4, 0.5) is 5.82 Å². The zero-order chi connectivity index (χ0) is 17.8. The maximum Gasteiger partial charge on any atom is 0.256 e. The highest BCUT2D eigenvalue weighted by Crippen LogP contribution is 2.43.